The Morgan fingerprint density at radius 1 is 1.03 bits per heavy atom. The lowest BCUT2D eigenvalue weighted by molar-refractivity contribution is -0.153. The van der Waals surface area contributed by atoms with Crippen LogP contribution in [0, 0.1) is 17.8 Å². The van der Waals surface area contributed by atoms with Gasteiger partial charge >= 0.3 is 12.1 Å². The molecule has 0 saturated carbocycles. The molecule has 0 spiro atoms. The molecule has 2 amide bonds. The Kier molecular flexibility index (Phi) is 7.20. The summed E-state index contributed by atoms with van der Waals surface area (Å²) in [5.74, 6) is -1.05. The number of ether oxygens (including phenoxy) is 1. The van der Waals surface area contributed by atoms with Crippen molar-refractivity contribution in [2.24, 2.45) is 17.8 Å². The van der Waals surface area contributed by atoms with Gasteiger partial charge in [0.2, 0.25) is 5.91 Å². The number of amides is 2. The third-order valence-electron chi connectivity index (χ3n) is 6.73. The van der Waals surface area contributed by atoms with Crippen molar-refractivity contribution in [3.05, 3.63) is 59.7 Å². The Morgan fingerprint density at radius 2 is 1.62 bits per heavy atom. The average molecular weight is 465 g/mol. The van der Waals surface area contributed by atoms with Crippen LogP contribution in [0.15, 0.2) is 48.5 Å². The molecule has 0 radical (unpaired) electrons. The van der Waals surface area contributed by atoms with Crippen molar-refractivity contribution < 1.29 is 24.2 Å². The van der Waals surface area contributed by atoms with Crippen molar-refractivity contribution in [1.29, 1.82) is 0 Å². The van der Waals surface area contributed by atoms with E-state index in [-0.39, 0.29) is 43.9 Å². The van der Waals surface area contributed by atoms with E-state index >= 15 is 0 Å². The number of nitrogens with zero attached hydrogens (tertiary/aromatic N) is 1. The summed E-state index contributed by atoms with van der Waals surface area (Å²) in [5.41, 5.74) is 4.68. The van der Waals surface area contributed by atoms with Crippen molar-refractivity contribution >= 4 is 18.0 Å². The standard InChI is InChI=1S/C27H32N2O5/c1-17(2)11-18(12-25(30)29-14-19(15-29)26(31)32)13-28-27(33)34-16-24-22-9-5-3-7-20(22)21-8-4-6-10-23(21)24/h3-10,17-19,24H,11-16H2,1-2H3,(H,28,33)(H,31,32)/t18-/m0/s1. The summed E-state index contributed by atoms with van der Waals surface area (Å²) in [4.78, 5) is 37.6. The molecule has 7 heteroatoms. The molecule has 1 fully saturated rings. The van der Waals surface area contributed by atoms with Gasteiger partial charge in [-0.25, -0.2) is 4.79 Å². The van der Waals surface area contributed by atoms with Crippen molar-refractivity contribution in [3.8, 4) is 11.1 Å². The van der Waals surface area contributed by atoms with Gasteiger partial charge < -0.3 is 20.1 Å². The smallest absolute Gasteiger partial charge is 0.407 e. The molecule has 1 aliphatic carbocycles. The van der Waals surface area contributed by atoms with Gasteiger partial charge in [-0.1, -0.05) is 62.4 Å². The lowest BCUT2D eigenvalue weighted by Gasteiger charge is -2.37. The first-order valence-corrected chi connectivity index (χ1v) is 11.9. The maximum Gasteiger partial charge on any atom is 0.407 e. The summed E-state index contributed by atoms with van der Waals surface area (Å²) in [6, 6.07) is 16.4. The van der Waals surface area contributed by atoms with E-state index in [0.717, 1.165) is 17.5 Å². The number of benzene rings is 2. The molecule has 2 aromatic carbocycles. The number of rotatable bonds is 9. The van der Waals surface area contributed by atoms with Gasteiger partial charge in [0.25, 0.3) is 0 Å². The van der Waals surface area contributed by atoms with Crippen LogP contribution in [-0.4, -0.2) is 54.2 Å². The van der Waals surface area contributed by atoms with Crippen molar-refractivity contribution in [2.45, 2.75) is 32.6 Å². The number of carboxylic acid groups (broad SMARTS) is 1. The van der Waals surface area contributed by atoms with E-state index in [4.69, 9.17) is 9.84 Å². The fraction of sp³-hybridized carbons (Fsp3) is 0.444. The molecule has 34 heavy (non-hydrogen) atoms. The third-order valence-corrected chi connectivity index (χ3v) is 6.73. The summed E-state index contributed by atoms with van der Waals surface area (Å²) < 4.78 is 5.61. The molecule has 0 unspecified atom stereocenters. The van der Waals surface area contributed by atoms with Crippen molar-refractivity contribution in [3.63, 3.8) is 0 Å². The van der Waals surface area contributed by atoms with Crippen molar-refractivity contribution in [2.75, 3.05) is 26.2 Å². The SMILES string of the molecule is CC(C)C[C@H](CNC(=O)OCC1c2ccccc2-c2ccccc21)CC(=O)N1CC(C(=O)O)C1. The van der Waals surface area contributed by atoms with Crippen LogP contribution in [0.5, 0.6) is 0 Å². The van der Waals surface area contributed by atoms with E-state index in [1.807, 2.05) is 24.3 Å². The number of aliphatic carboxylic acids is 1. The Hall–Kier alpha value is -3.35. The summed E-state index contributed by atoms with van der Waals surface area (Å²) in [5, 5.41) is 11.9. The Balaban J connectivity index is 1.30. The highest BCUT2D eigenvalue weighted by Gasteiger charge is 2.36. The molecule has 4 rings (SSSR count). The summed E-state index contributed by atoms with van der Waals surface area (Å²) in [6.07, 6.45) is 0.581. The number of carboxylic acids is 1. The molecule has 1 saturated heterocycles. The zero-order valence-corrected chi connectivity index (χ0v) is 19.7. The lowest BCUT2D eigenvalue weighted by Crippen LogP contribution is -2.53. The molecular weight excluding hydrogens is 432 g/mol. The van der Waals surface area contributed by atoms with Crippen LogP contribution in [0.25, 0.3) is 11.1 Å². The van der Waals surface area contributed by atoms with Crippen LogP contribution < -0.4 is 5.32 Å². The predicted octanol–water partition coefficient (Wildman–Crippen LogP) is 4.12. The zero-order chi connectivity index (χ0) is 24.2. The van der Waals surface area contributed by atoms with Gasteiger partial charge in [0.05, 0.1) is 5.92 Å². The number of fused-ring (bicyclic) bond motifs is 3. The minimum Gasteiger partial charge on any atom is -0.481 e. The average Bonchev–Trinajstić information content (AvgIpc) is 3.08. The molecule has 2 aliphatic rings. The van der Waals surface area contributed by atoms with Crippen LogP contribution >= 0.6 is 0 Å². The van der Waals surface area contributed by atoms with E-state index in [1.54, 1.807) is 4.90 Å². The highest BCUT2D eigenvalue weighted by atomic mass is 16.5. The summed E-state index contributed by atoms with van der Waals surface area (Å²) >= 11 is 0. The summed E-state index contributed by atoms with van der Waals surface area (Å²) in [6.45, 7) is 5.28. The lowest BCUT2D eigenvalue weighted by atomic mass is 9.92. The predicted molar refractivity (Wildman–Crippen MR) is 128 cm³/mol. The molecule has 2 N–H and O–H groups in total. The molecule has 0 aromatic heterocycles. The number of hydrogen-bond acceptors (Lipinski definition) is 4. The Labute approximate surface area is 200 Å². The largest absolute Gasteiger partial charge is 0.481 e. The fourth-order valence-corrected chi connectivity index (χ4v) is 5.00. The van der Waals surface area contributed by atoms with Gasteiger partial charge in [-0.05, 0) is 40.5 Å². The monoisotopic (exact) mass is 464 g/mol. The minimum atomic E-state index is -0.861. The number of hydrogen-bond donors (Lipinski definition) is 2. The number of alkyl carbamates (subject to hydrolysis) is 1. The maximum atomic E-state index is 12.6. The van der Waals surface area contributed by atoms with Crippen LogP contribution in [0.3, 0.4) is 0 Å². The second kappa shape index (κ2) is 10.3. The first kappa shape index (κ1) is 23.8. The normalized spacial score (nSPS) is 15.9. The number of nitrogens with one attached hydrogen (secondary N) is 1. The highest BCUT2D eigenvalue weighted by molar-refractivity contribution is 5.81. The first-order valence-electron chi connectivity index (χ1n) is 11.9. The fourth-order valence-electron chi connectivity index (χ4n) is 5.00. The molecular formula is C27H32N2O5. The van der Waals surface area contributed by atoms with E-state index in [9.17, 15) is 14.4 Å². The minimum absolute atomic E-state index is 0.000198. The number of carbonyl (C=O) groups excluding carboxylic acids is 2. The van der Waals surface area contributed by atoms with Crippen LogP contribution in [0.2, 0.25) is 0 Å². The zero-order valence-electron chi connectivity index (χ0n) is 19.7. The Morgan fingerprint density at radius 3 is 2.18 bits per heavy atom. The topological polar surface area (TPSA) is 95.9 Å². The van der Waals surface area contributed by atoms with Gasteiger partial charge in [-0.15, -0.1) is 0 Å². The molecule has 1 atom stereocenters. The second-order valence-corrected chi connectivity index (χ2v) is 9.74. The quantitative estimate of drug-likeness (QED) is 0.582. The molecule has 1 heterocycles. The van der Waals surface area contributed by atoms with Gasteiger partial charge in [-0.2, -0.15) is 0 Å². The van der Waals surface area contributed by atoms with Crippen LogP contribution in [0.1, 0.15) is 43.7 Å². The second-order valence-electron chi connectivity index (χ2n) is 9.74. The number of carbonyl (C=O) groups is 3. The molecule has 180 valence electrons. The first-order chi connectivity index (χ1) is 16.3. The molecule has 0 bridgehead atoms. The highest BCUT2D eigenvalue weighted by Crippen LogP contribution is 2.44. The van der Waals surface area contributed by atoms with E-state index < -0.39 is 18.0 Å². The number of likely N-dealkylation sites (tertiary alicyclic amines) is 1. The summed E-state index contributed by atoms with van der Waals surface area (Å²) in [7, 11) is 0. The van der Waals surface area contributed by atoms with Gasteiger partial charge in [-0.3, -0.25) is 9.59 Å². The van der Waals surface area contributed by atoms with Gasteiger partial charge in [0, 0.05) is 32.0 Å². The van der Waals surface area contributed by atoms with Gasteiger partial charge in [0.1, 0.15) is 6.61 Å². The molecule has 7 nitrogen and oxygen atoms in total. The van der Waals surface area contributed by atoms with Crippen molar-refractivity contribution in [1.82, 2.24) is 10.2 Å². The third kappa shape index (κ3) is 5.24. The Bertz CT molecular complexity index is 1010. The van der Waals surface area contributed by atoms with E-state index in [0.29, 0.717) is 12.5 Å². The molecule has 1 aliphatic heterocycles. The van der Waals surface area contributed by atoms with Crippen LogP contribution in [-0.2, 0) is 14.3 Å². The molecule has 2 aromatic rings. The van der Waals surface area contributed by atoms with E-state index in [1.165, 1.54) is 11.1 Å². The van der Waals surface area contributed by atoms with Gasteiger partial charge in [0.15, 0.2) is 0 Å². The van der Waals surface area contributed by atoms with E-state index in [2.05, 4.69) is 43.4 Å². The van der Waals surface area contributed by atoms with Crippen LogP contribution in [0.4, 0.5) is 4.79 Å². The maximum absolute atomic E-state index is 12.6.